The van der Waals surface area contributed by atoms with Crippen LogP contribution in [0.25, 0.3) is 0 Å². The smallest absolute Gasteiger partial charge is 0.366 e. The van der Waals surface area contributed by atoms with E-state index in [1.807, 2.05) is 0 Å². The minimum Gasteiger partial charge on any atom is -0.366 e. The van der Waals surface area contributed by atoms with Gasteiger partial charge in [0, 0.05) is 17.8 Å². The molecule has 25 heavy (non-hydrogen) atoms. The number of carbonyl (C=O) groups is 1. The molecule has 0 atom stereocenters. The van der Waals surface area contributed by atoms with Crippen molar-refractivity contribution in [3.63, 3.8) is 0 Å². The maximum absolute atomic E-state index is 12.7. The van der Waals surface area contributed by atoms with Crippen LogP contribution in [0.2, 0.25) is 0 Å². The zero-order chi connectivity index (χ0) is 18.4. The van der Waals surface area contributed by atoms with E-state index in [1.54, 1.807) is 30.3 Å². The van der Waals surface area contributed by atoms with Crippen molar-refractivity contribution >= 4 is 28.9 Å². The minimum atomic E-state index is -4.35. The van der Waals surface area contributed by atoms with E-state index in [9.17, 15) is 18.0 Å². The van der Waals surface area contributed by atoms with Gasteiger partial charge in [0.05, 0.1) is 5.56 Å². The number of nitrogens with two attached hydrogens (primary N) is 1. The highest BCUT2D eigenvalue weighted by molar-refractivity contribution is 7.80. The van der Waals surface area contributed by atoms with Crippen molar-refractivity contribution in [3.05, 3.63) is 65.2 Å². The van der Waals surface area contributed by atoms with Crippen LogP contribution >= 0.6 is 12.2 Å². The lowest BCUT2D eigenvalue weighted by atomic mass is 10.1. The van der Waals surface area contributed by atoms with Crippen LogP contribution in [0.3, 0.4) is 0 Å². The molecular weight excluding hydrogens is 351 g/mol. The van der Waals surface area contributed by atoms with Crippen LogP contribution < -0.4 is 16.4 Å². The van der Waals surface area contributed by atoms with Crippen LogP contribution in [-0.2, 0) is 12.6 Å². The number of rotatable bonds is 5. The Kier molecular flexibility index (Phi) is 5.97. The molecular formula is C17H16F3N3OS. The molecule has 0 bridgehead atoms. The molecule has 0 heterocycles. The fourth-order valence-corrected chi connectivity index (χ4v) is 2.34. The number of thiocarbonyl (C=S) groups is 1. The van der Waals surface area contributed by atoms with Gasteiger partial charge in [-0.2, -0.15) is 13.2 Å². The number of alkyl halides is 3. The van der Waals surface area contributed by atoms with E-state index in [1.165, 1.54) is 6.07 Å². The predicted molar refractivity (Wildman–Crippen MR) is 94.3 cm³/mol. The average Bonchev–Trinajstić information content (AvgIpc) is 2.55. The zero-order valence-corrected chi connectivity index (χ0v) is 13.9. The highest BCUT2D eigenvalue weighted by Gasteiger charge is 2.30. The molecule has 2 aromatic carbocycles. The minimum absolute atomic E-state index is 0.332. The van der Waals surface area contributed by atoms with Crippen LogP contribution in [0.4, 0.5) is 18.9 Å². The molecule has 2 aromatic rings. The summed E-state index contributed by atoms with van der Waals surface area (Å²) in [5.41, 5.74) is 6.11. The van der Waals surface area contributed by atoms with Crippen molar-refractivity contribution in [3.8, 4) is 0 Å². The Labute approximate surface area is 148 Å². The molecule has 8 heteroatoms. The van der Waals surface area contributed by atoms with Crippen molar-refractivity contribution in [1.82, 2.24) is 5.32 Å². The SMILES string of the molecule is NC(=O)c1ccc(NC(=S)NCCc2cccc(C(F)(F)F)c2)cc1. The molecule has 0 radical (unpaired) electrons. The molecule has 0 unspecified atom stereocenters. The number of primary amides is 1. The summed E-state index contributed by atoms with van der Waals surface area (Å²) in [5, 5.41) is 6.17. The first-order valence-electron chi connectivity index (χ1n) is 7.36. The normalized spacial score (nSPS) is 11.0. The van der Waals surface area contributed by atoms with E-state index in [-0.39, 0.29) is 0 Å². The van der Waals surface area contributed by atoms with Gasteiger partial charge in [-0.05, 0) is 54.5 Å². The van der Waals surface area contributed by atoms with Gasteiger partial charge in [-0.25, -0.2) is 0 Å². The van der Waals surface area contributed by atoms with E-state index in [0.717, 1.165) is 12.1 Å². The van der Waals surface area contributed by atoms with Crippen molar-refractivity contribution in [2.75, 3.05) is 11.9 Å². The Morgan fingerprint density at radius 2 is 1.80 bits per heavy atom. The van der Waals surface area contributed by atoms with Gasteiger partial charge in [0.2, 0.25) is 5.91 Å². The third-order valence-electron chi connectivity index (χ3n) is 3.38. The molecule has 4 N–H and O–H groups in total. The largest absolute Gasteiger partial charge is 0.416 e. The summed E-state index contributed by atoms with van der Waals surface area (Å²) < 4.78 is 38.0. The van der Waals surface area contributed by atoms with E-state index >= 15 is 0 Å². The zero-order valence-electron chi connectivity index (χ0n) is 13.1. The molecule has 0 aliphatic rings. The van der Waals surface area contributed by atoms with Gasteiger partial charge < -0.3 is 16.4 Å². The Morgan fingerprint density at radius 3 is 2.40 bits per heavy atom. The summed E-state index contributed by atoms with van der Waals surface area (Å²) in [7, 11) is 0. The predicted octanol–water partition coefficient (Wildman–Crippen LogP) is 3.33. The first-order chi connectivity index (χ1) is 11.8. The molecule has 0 saturated carbocycles. The van der Waals surface area contributed by atoms with Gasteiger partial charge in [-0.1, -0.05) is 18.2 Å². The maximum Gasteiger partial charge on any atom is 0.416 e. The first-order valence-corrected chi connectivity index (χ1v) is 7.77. The summed E-state index contributed by atoms with van der Waals surface area (Å²) in [6, 6.07) is 11.6. The second kappa shape index (κ2) is 7.98. The Balaban J connectivity index is 1.83. The number of amides is 1. The number of halogens is 3. The van der Waals surface area contributed by atoms with Crippen LogP contribution in [0.1, 0.15) is 21.5 Å². The summed E-state index contributed by atoms with van der Waals surface area (Å²) in [6.45, 7) is 0.381. The van der Waals surface area contributed by atoms with Crippen molar-refractivity contribution in [1.29, 1.82) is 0 Å². The second-order valence-electron chi connectivity index (χ2n) is 5.27. The van der Waals surface area contributed by atoms with Gasteiger partial charge in [-0.3, -0.25) is 4.79 Å². The van der Waals surface area contributed by atoms with Crippen LogP contribution in [0.15, 0.2) is 48.5 Å². The topological polar surface area (TPSA) is 67.2 Å². The van der Waals surface area contributed by atoms with E-state index in [4.69, 9.17) is 18.0 Å². The Bertz CT molecular complexity index is 760. The molecule has 0 spiro atoms. The monoisotopic (exact) mass is 367 g/mol. The molecule has 0 aliphatic carbocycles. The standard InChI is InChI=1S/C17H16F3N3OS/c18-17(19,20)13-3-1-2-11(10-13)8-9-22-16(25)23-14-6-4-12(5-7-14)15(21)24/h1-7,10H,8-9H2,(H2,21,24)(H2,22,23,25). The average molecular weight is 367 g/mol. The first kappa shape index (κ1) is 18.7. The number of carbonyl (C=O) groups excluding carboxylic acids is 1. The molecule has 2 rings (SSSR count). The van der Waals surface area contributed by atoms with Crippen molar-refractivity contribution in [2.45, 2.75) is 12.6 Å². The van der Waals surface area contributed by atoms with Gasteiger partial charge in [-0.15, -0.1) is 0 Å². The lowest BCUT2D eigenvalue weighted by Gasteiger charge is -2.12. The summed E-state index contributed by atoms with van der Waals surface area (Å²) in [4.78, 5) is 11.0. The lowest BCUT2D eigenvalue weighted by Crippen LogP contribution is -2.30. The van der Waals surface area contributed by atoms with Crippen molar-refractivity contribution in [2.24, 2.45) is 5.73 Å². The summed E-state index contributed by atoms with van der Waals surface area (Å²) in [6.07, 6.45) is -3.95. The molecule has 132 valence electrons. The molecule has 4 nitrogen and oxygen atoms in total. The summed E-state index contributed by atoms with van der Waals surface area (Å²) >= 11 is 5.13. The fourth-order valence-electron chi connectivity index (χ4n) is 2.12. The number of hydrogen-bond acceptors (Lipinski definition) is 2. The number of benzene rings is 2. The maximum atomic E-state index is 12.7. The van der Waals surface area contributed by atoms with Crippen LogP contribution in [-0.4, -0.2) is 17.6 Å². The highest BCUT2D eigenvalue weighted by atomic mass is 32.1. The third kappa shape index (κ3) is 5.75. The Hall–Kier alpha value is -2.61. The van der Waals surface area contributed by atoms with E-state index in [2.05, 4.69) is 10.6 Å². The van der Waals surface area contributed by atoms with Gasteiger partial charge >= 0.3 is 6.18 Å². The van der Waals surface area contributed by atoms with Gasteiger partial charge in [0.25, 0.3) is 0 Å². The molecule has 0 saturated heterocycles. The Morgan fingerprint density at radius 1 is 1.12 bits per heavy atom. The molecule has 0 aliphatic heterocycles. The molecule has 0 aromatic heterocycles. The third-order valence-corrected chi connectivity index (χ3v) is 3.63. The second-order valence-corrected chi connectivity index (χ2v) is 5.68. The molecule has 1 amide bonds. The number of hydrogen-bond donors (Lipinski definition) is 3. The summed E-state index contributed by atoms with van der Waals surface area (Å²) in [5.74, 6) is -0.520. The van der Waals surface area contributed by atoms with Crippen LogP contribution in [0, 0.1) is 0 Å². The highest BCUT2D eigenvalue weighted by Crippen LogP contribution is 2.29. The van der Waals surface area contributed by atoms with Gasteiger partial charge in [0.15, 0.2) is 5.11 Å². The molecule has 0 fully saturated rings. The van der Waals surface area contributed by atoms with E-state index in [0.29, 0.717) is 34.9 Å². The fraction of sp³-hybridized carbons (Fsp3) is 0.176. The number of anilines is 1. The van der Waals surface area contributed by atoms with E-state index < -0.39 is 17.6 Å². The van der Waals surface area contributed by atoms with Crippen LogP contribution in [0.5, 0.6) is 0 Å². The van der Waals surface area contributed by atoms with Crippen molar-refractivity contribution < 1.29 is 18.0 Å². The van der Waals surface area contributed by atoms with Gasteiger partial charge in [0.1, 0.15) is 0 Å². The lowest BCUT2D eigenvalue weighted by molar-refractivity contribution is -0.137. The number of nitrogens with one attached hydrogen (secondary N) is 2. The quantitative estimate of drug-likeness (QED) is 0.709.